The molecule has 1 aromatic rings. The molecule has 0 aromatic carbocycles. The number of amides is 1. The van der Waals surface area contributed by atoms with Crippen LogP contribution in [0.15, 0.2) is 15.9 Å². The Kier molecular flexibility index (Phi) is 5.64. The molecule has 1 amide bonds. The second kappa shape index (κ2) is 6.76. The van der Waals surface area contributed by atoms with E-state index in [4.69, 9.17) is 5.11 Å². The molecular weight excluding hydrogens is 306 g/mol. The number of hydrogen-bond donors (Lipinski definition) is 2. The Morgan fingerprint density at radius 2 is 2.24 bits per heavy atom. The molecule has 17 heavy (non-hydrogen) atoms. The quantitative estimate of drug-likeness (QED) is 0.847. The largest absolute Gasteiger partial charge is 0.481 e. The van der Waals surface area contributed by atoms with E-state index in [1.54, 1.807) is 6.07 Å². The summed E-state index contributed by atoms with van der Waals surface area (Å²) in [4.78, 5) is 22.9. The van der Waals surface area contributed by atoms with E-state index in [0.717, 1.165) is 10.2 Å². The zero-order valence-corrected chi connectivity index (χ0v) is 11.8. The number of carbonyl (C=O) groups is 2. The maximum Gasteiger partial charge on any atom is 0.303 e. The van der Waals surface area contributed by atoms with Gasteiger partial charge in [0.15, 0.2) is 0 Å². The summed E-state index contributed by atoms with van der Waals surface area (Å²) in [5.41, 5.74) is 0. The number of halogens is 1. The highest BCUT2D eigenvalue weighted by Crippen LogP contribution is 2.21. The Morgan fingerprint density at radius 3 is 2.71 bits per heavy atom. The topological polar surface area (TPSA) is 66.4 Å². The molecule has 2 N–H and O–H groups in total. The van der Waals surface area contributed by atoms with Gasteiger partial charge in [0.25, 0.3) is 5.91 Å². The summed E-state index contributed by atoms with van der Waals surface area (Å²) in [6, 6.07) is 3.55. The maximum absolute atomic E-state index is 11.7. The van der Waals surface area contributed by atoms with E-state index in [2.05, 4.69) is 21.2 Å². The number of carboxylic acids is 1. The second-order valence-corrected chi connectivity index (χ2v) is 6.15. The summed E-state index contributed by atoms with van der Waals surface area (Å²) in [5, 5.41) is 11.4. The lowest BCUT2D eigenvalue weighted by Crippen LogP contribution is -2.29. The molecule has 1 unspecified atom stereocenters. The van der Waals surface area contributed by atoms with Crippen molar-refractivity contribution in [3.63, 3.8) is 0 Å². The van der Waals surface area contributed by atoms with Gasteiger partial charge in [0.1, 0.15) is 0 Å². The van der Waals surface area contributed by atoms with Crippen LogP contribution in [-0.4, -0.2) is 23.5 Å². The zero-order chi connectivity index (χ0) is 12.8. The summed E-state index contributed by atoms with van der Waals surface area (Å²) in [7, 11) is 0. The zero-order valence-electron chi connectivity index (χ0n) is 9.40. The highest BCUT2D eigenvalue weighted by atomic mass is 79.9. The van der Waals surface area contributed by atoms with Crippen molar-refractivity contribution in [2.24, 2.45) is 5.92 Å². The third-order valence-electron chi connectivity index (χ3n) is 2.39. The fourth-order valence-electron chi connectivity index (χ4n) is 1.37. The number of rotatable bonds is 6. The van der Waals surface area contributed by atoms with Crippen LogP contribution in [0.1, 0.15) is 29.4 Å². The minimum atomic E-state index is -0.829. The average Bonchev–Trinajstić information content (AvgIpc) is 2.70. The summed E-state index contributed by atoms with van der Waals surface area (Å²) < 4.78 is 0.903. The van der Waals surface area contributed by atoms with E-state index in [-0.39, 0.29) is 18.2 Å². The minimum Gasteiger partial charge on any atom is -0.481 e. The van der Waals surface area contributed by atoms with Crippen molar-refractivity contribution >= 4 is 39.1 Å². The minimum absolute atomic E-state index is 0.0140. The lowest BCUT2D eigenvalue weighted by Gasteiger charge is -2.12. The lowest BCUT2D eigenvalue weighted by molar-refractivity contribution is -0.138. The molecule has 1 aromatic heterocycles. The van der Waals surface area contributed by atoms with E-state index in [9.17, 15) is 9.59 Å². The maximum atomic E-state index is 11.7. The van der Waals surface area contributed by atoms with Gasteiger partial charge in [-0.2, -0.15) is 0 Å². The Balaban J connectivity index is 2.44. The first-order valence-electron chi connectivity index (χ1n) is 5.28. The Morgan fingerprint density at radius 1 is 1.53 bits per heavy atom. The number of aliphatic carboxylic acids is 1. The predicted molar refractivity (Wildman–Crippen MR) is 70.4 cm³/mol. The molecule has 1 rings (SSSR count). The number of carboxylic acid groups (broad SMARTS) is 1. The molecule has 4 nitrogen and oxygen atoms in total. The van der Waals surface area contributed by atoms with Gasteiger partial charge in [0.05, 0.1) is 8.66 Å². The van der Waals surface area contributed by atoms with Gasteiger partial charge in [0.2, 0.25) is 0 Å². The Hall–Kier alpha value is -0.880. The van der Waals surface area contributed by atoms with Crippen molar-refractivity contribution < 1.29 is 14.7 Å². The molecule has 0 saturated heterocycles. The van der Waals surface area contributed by atoms with Crippen molar-refractivity contribution in [2.45, 2.75) is 19.8 Å². The first-order valence-corrected chi connectivity index (χ1v) is 6.89. The summed E-state index contributed by atoms with van der Waals surface area (Å²) in [5.74, 6) is -0.991. The molecular formula is C11H14BrNO3S. The van der Waals surface area contributed by atoms with Crippen LogP contribution < -0.4 is 5.32 Å². The monoisotopic (exact) mass is 319 g/mol. The number of carbonyl (C=O) groups excluding carboxylic acids is 1. The first kappa shape index (κ1) is 14.2. The standard InChI is InChI=1S/C11H14BrNO3S/c1-2-7(5-10(14)15)6-13-11(16)8-3-4-9(12)17-8/h3-4,7H,2,5-6H2,1H3,(H,13,16)(H,14,15). The molecule has 0 fully saturated rings. The van der Waals surface area contributed by atoms with Crippen molar-refractivity contribution in [1.29, 1.82) is 0 Å². The molecule has 0 spiro atoms. The van der Waals surface area contributed by atoms with Gasteiger partial charge >= 0.3 is 5.97 Å². The normalized spacial score (nSPS) is 12.1. The van der Waals surface area contributed by atoms with Gasteiger partial charge in [-0.1, -0.05) is 13.3 Å². The van der Waals surface area contributed by atoms with Crippen LogP contribution in [0.4, 0.5) is 0 Å². The Bertz CT molecular complexity index is 405. The van der Waals surface area contributed by atoms with Gasteiger partial charge in [0, 0.05) is 13.0 Å². The fraction of sp³-hybridized carbons (Fsp3) is 0.455. The van der Waals surface area contributed by atoms with Gasteiger partial charge < -0.3 is 10.4 Å². The molecule has 0 aliphatic carbocycles. The third kappa shape index (κ3) is 4.87. The molecule has 6 heteroatoms. The van der Waals surface area contributed by atoms with Crippen molar-refractivity contribution in [3.05, 3.63) is 20.8 Å². The van der Waals surface area contributed by atoms with Crippen molar-refractivity contribution in [1.82, 2.24) is 5.32 Å². The van der Waals surface area contributed by atoms with Gasteiger partial charge in [-0.25, -0.2) is 0 Å². The lowest BCUT2D eigenvalue weighted by atomic mass is 10.0. The summed E-state index contributed by atoms with van der Waals surface area (Å²) in [6.07, 6.45) is 0.825. The van der Waals surface area contributed by atoms with Gasteiger partial charge in [-0.15, -0.1) is 11.3 Å². The predicted octanol–water partition coefficient (Wildman–Crippen LogP) is 2.74. The number of hydrogen-bond acceptors (Lipinski definition) is 3. The van der Waals surface area contributed by atoms with Crippen LogP contribution in [0.3, 0.4) is 0 Å². The first-order chi connectivity index (χ1) is 8.02. The van der Waals surface area contributed by atoms with Crippen LogP contribution in [-0.2, 0) is 4.79 Å². The van der Waals surface area contributed by atoms with Gasteiger partial charge in [-0.3, -0.25) is 9.59 Å². The van der Waals surface area contributed by atoms with E-state index in [1.807, 2.05) is 13.0 Å². The molecule has 0 aliphatic heterocycles. The number of nitrogens with one attached hydrogen (secondary N) is 1. The Labute approximate surface area is 112 Å². The summed E-state index contributed by atoms with van der Waals surface area (Å²) in [6.45, 7) is 2.32. The third-order valence-corrected chi connectivity index (χ3v) is 4.01. The van der Waals surface area contributed by atoms with E-state index in [1.165, 1.54) is 11.3 Å². The van der Waals surface area contributed by atoms with E-state index in [0.29, 0.717) is 11.4 Å². The molecule has 0 saturated carbocycles. The average molecular weight is 320 g/mol. The highest BCUT2D eigenvalue weighted by molar-refractivity contribution is 9.11. The van der Waals surface area contributed by atoms with Crippen molar-refractivity contribution in [2.75, 3.05) is 6.54 Å². The van der Waals surface area contributed by atoms with E-state index >= 15 is 0 Å². The van der Waals surface area contributed by atoms with Crippen molar-refractivity contribution in [3.8, 4) is 0 Å². The molecule has 1 heterocycles. The molecule has 0 aliphatic rings. The summed E-state index contributed by atoms with van der Waals surface area (Å²) >= 11 is 4.64. The van der Waals surface area contributed by atoms with Crippen LogP contribution in [0.25, 0.3) is 0 Å². The number of thiophene rings is 1. The SMILES string of the molecule is CCC(CNC(=O)c1ccc(Br)s1)CC(=O)O. The molecule has 0 radical (unpaired) electrons. The second-order valence-electron chi connectivity index (χ2n) is 3.69. The van der Waals surface area contributed by atoms with Crippen LogP contribution in [0.2, 0.25) is 0 Å². The van der Waals surface area contributed by atoms with Crippen LogP contribution in [0.5, 0.6) is 0 Å². The molecule has 1 atom stereocenters. The van der Waals surface area contributed by atoms with Gasteiger partial charge in [-0.05, 0) is 34.0 Å². The van der Waals surface area contributed by atoms with E-state index < -0.39 is 5.97 Å². The van der Waals surface area contributed by atoms with Crippen LogP contribution >= 0.6 is 27.3 Å². The highest BCUT2D eigenvalue weighted by Gasteiger charge is 2.14. The molecule has 0 bridgehead atoms. The van der Waals surface area contributed by atoms with Crippen LogP contribution in [0, 0.1) is 5.92 Å². The smallest absolute Gasteiger partial charge is 0.303 e. The molecule has 94 valence electrons. The fourth-order valence-corrected chi connectivity index (χ4v) is 2.67.